The molecule has 1 amide bonds. The van der Waals surface area contributed by atoms with Gasteiger partial charge in [-0.1, -0.05) is 48.5 Å². The number of hydrogen-bond donors (Lipinski definition) is 3. The molecular weight excluding hydrogens is 717 g/mol. The van der Waals surface area contributed by atoms with Gasteiger partial charge in [-0.25, -0.2) is 17.1 Å². The fraction of sp³-hybridized carbons (Fsp3) is 0.946. The molecule has 1 heterocycles. The average molecular weight is 777 g/mol. The van der Waals surface area contributed by atoms with Crippen LogP contribution in [-0.4, -0.2) is 58.9 Å². The van der Waals surface area contributed by atoms with Crippen molar-refractivity contribution in [1.82, 2.24) is 8.85 Å². The molecule has 6 rings (SSSR count). The third-order valence-electron chi connectivity index (χ3n) is 15.5. The Morgan fingerprint density at radius 2 is 1.57 bits per heavy atom. The number of carbonyl (C=O) groups is 2. The molecule has 5 saturated carbocycles. The molecule has 1 saturated heterocycles. The van der Waals surface area contributed by atoms with E-state index in [0.29, 0.717) is 19.3 Å². The van der Waals surface area contributed by atoms with Crippen LogP contribution in [0, 0.1) is 50.2 Å². The molecule has 10 heteroatoms. The molecule has 0 aromatic heterocycles. The Morgan fingerprint density at radius 1 is 0.936 bits per heavy atom. The quantitative estimate of drug-likeness (QED) is 0.148. The molecule has 0 radical (unpaired) electrons. The lowest BCUT2D eigenvalue weighted by Crippen LogP contribution is -2.64. The van der Waals surface area contributed by atoms with Crippen molar-refractivity contribution >= 4 is 34.7 Å². The summed E-state index contributed by atoms with van der Waals surface area (Å²) >= 11 is 1.90. The molecule has 2 spiro atoms. The summed E-state index contributed by atoms with van der Waals surface area (Å²) in [5.41, 5.74) is -2.76. The highest BCUT2D eigenvalue weighted by Gasteiger charge is 2.86. The molecule has 0 unspecified atom stereocenters. The molecule has 6 fully saturated rings. The molecule has 0 bridgehead atoms. The van der Waals surface area contributed by atoms with Gasteiger partial charge in [0.05, 0.1) is 23.9 Å². The van der Waals surface area contributed by atoms with Crippen molar-refractivity contribution in [2.24, 2.45) is 50.2 Å². The van der Waals surface area contributed by atoms with Gasteiger partial charge in [-0.05, 0) is 105 Å². The van der Waals surface area contributed by atoms with Crippen LogP contribution < -0.4 is 8.85 Å². The predicted molar refractivity (Wildman–Crippen MR) is 185 cm³/mol. The van der Waals surface area contributed by atoms with Crippen LogP contribution in [0.4, 0.5) is 8.78 Å². The molecule has 1 aliphatic heterocycles. The van der Waals surface area contributed by atoms with Crippen LogP contribution in [0.15, 0.2) is 0 Å². The summed E-state index contributed by atoms with van der Waals surface area (Å²) in [5.74, 6) is -4.21. The first-order chi connectivity index (χ1) is 21.5. The Morgan fingerprint density at radius 3 is 2.17 bits per heavy atom. The molecule has 3 N–H and O–H groups in total. The predicted octanol–water partition coefficient (Wildman–Crippen LogP) is 7.37. The summed E-state index contributed by atoms with van der Waals surface area (Å²) in [6.45, 7) is 20.2. The maximum Gasteiger partial charge on any atom is 0.328 e. The zero-order valence-electron chi connectivity index (χ0n) is 30.2. The Hall–Kier alpha value is -0.590. The van der Waals surface area contributed by atoms with E-state index >= 15 is 8.78 Å². The van der Waals surface area contributed by atoms with Crippen molar-refractivity contribution in [1.29, 1.82) is 0 Å². The number of carbonyl (C=O) groups excluding carboxylic acids is 2. The van der Waals surface area contributed by atoms with Crippen molar-refractivity contribution in [3.05, 3.63) is 0 Å². The highest BCUT2D eigenvalue weighted by Crippen LogP contribution is 2.90. The fourth-order valence-corrected chi connectivity index (χ4v) is 13.2. The Bertz CT molecular complexity index is 1310. The minimum absolute atomic E-state index is 0.00912. The number of ether oxygens (including phenoxy) is 2. The smallest absolute Gasteiger partial charge is 0.328 e. The lowest BCUT2D eigenvalue weighted by Gasteiger charge is -2.65. The largest absolute Gasteiger partial charge is 0.461 e. The summed E-state index contributed by atoms with van der Waals surface area (Å²) in [7, 11) is 0. The molecule has 268 valence electrons. The number of aliphatic hydroxyl groups excluding tert-OH is 1. The second-order valence-corrected chi connectivity index (χ2v) is 19.7. The molecule has 0 aromatic carbocycles. The van der Waals surface area contributed by atoms with Crippen molar-refractivity contribution < 1.29 is 33.0 Å². The molecule has 6 aliphatic rings. The molecule has 5 aliphatic carbocycles. The van der Waals surface area contributed by atoms with E-state index in [-0.39, 0.29) is 57.3 Å². The zero-order chi connectivity index (χ0) is 35.0. The van der Waals surface area contributed by atoms with Gasteiger partial charge in [-0.15, -0.1) is 0 Å². The molecule has 13 atom stereocenters. The van der Waals surface area contributed by atoms with Crippen LogP contribution in [0.1, 0.15) is 127 Å². The van der Waals surface area contributed by atoms with E-state index in [0.717, 1.165) is 32.1 Å². The normalized spacial score (nSPS) is 49.1. The third kappa shape index (κ3) is 4.88. The summed E-state index contributed by atoms with van der Waals surface area (Å²) in [5, 5.41) is 14.8. The second kappa shape index (κ2) is 11.0. The highest BCUT2D eigenvalue weighted by atomic mass is 127. The van der Waals surface area contributed by atoms with Crippen molar-refractivity contribution in [2.75, 3.05) is 0 Å². The van der Waals surface area contributed by atoms with Gasteiger partial charge < -0.3 is 19.9 Å². The van der Waals surface area contributed by atoms with Crippen molar-refractivity contribution in [3.8, 4) is 0 Å². The van der Waals surface area contributed by atoms with Gasteiger partial charge in [-0.3, -0.25) is 4.79 Å². The Kier molecular flexibility index (Phi) is 8.44. The maximum atomic E-state index is 15.9. The number of rotatable bonds is 6. The minimum atomic E-state index is -2.88. The van der Waals surface area contributed by atoms with Gasteiger partial charge in [0.2, 0.25) is 5.91 Å². The lowest BCUT2D eigenvalue weighted by molar-refractivity contribution is -0.252. The number of nitrogens with one attached hydrogen (secondary N) is 2. The summed E-state index contributed by atoms with van der Waals surface area (Å²) in [6.07, 6.45) is 4.92. The minimum Gasteiger partial charge on any atom is -0.461 e. The average Bonchev–Trinajstić information content (AvgIpc) is 3.33. The van der Waals surface area contributed by atoms with Crippen LogP contribution in [0.25, 0.3) is 0 Å². The maximum absolute atomic E-state index is 15.9. The van der Waals surface area contributed by atoms with Gasteiger partial charge in [0.25, 0.3) is 5.92 Å². The van der Waals surface area contributed by atoms with Crippen LogP contribution in [-0.2, 0) is 19.1 Å². The third-order valence-corrected chi connectivity index (χ3v) is 16.5. The number of alkyl halides is 2. The molecule has 47 heavy (non-hydrogen) atoms. The number of aliphatic hydroxyl groups is 1. The lowest BCUT2D eigenvalue weighted by atomic mass is 9.41. The van der Waals surface area contributed by atoms with Gasteiger partial charge in [-0.2, -0.15) is 0 Å². The van der Waals surface area contributed by atoms with Gasteiger partial charge in [0.1, 0.15) is 12.1 Å². The first kappa shape index (κ1) is 36.2. The van der Waals surface area contributed by atoms with Crippen LogP contribution in [0.5, 0.6) is 0 Å². The van der Waals surface area contributed by atoms with E-state index in [2.05, 4.69) is 50.4 Å². The molecular formula is C37H59F2IN2O5. The standard InChI is InChI=1S/C37H59F2IN2O5/c1-20(42-40)28(44)41-21(2)29(45)46-23-17-24-33(9)18-22(43)26(34(10)12-11-25(47-34)30(3,4)5)32(33,8)13-14-35(24)19-36(35)15-16-37(38,39)31(6,7)27(23)36/h20-27,42-43H,11-19H2,1-10H3,(H,41,44)/t20-,21-,22+,23+,24+,25+,26+,27+,32-,33+,34+,35+,36-/m1/s1. The second-order valence-electron chi connectivity index (χ2n) is 19.1. The SMILES string of the molecule is C[C@@H](NI)C(=O)N[C@H](C)C(=O)O[C@H]1C[C@@H]2[C@]3(CC[C@]4(C)[C@@H]([C@]5(C)CC[C@@H](C(C)(C)C)O5)[C@@H](O)C[C@@]24C)C[C@@]32CCC(F)(F)C(C)(C)[C@H]12. The fourth-order valence-electron chi connectivity index (χ4n) is 12.9. The molecule has 7 nitrogen and oxygen atoms in total. The van der Waals surface area contributed by atoms with E-state index < -0.39 is 53.1 Å². The van der Waals surface area contributed by atoms with E-state index in [1.807, 2.05) is 22.9 Å². The number of amides is 1. The monoisotopic (exact) mass is 776 g/mol. The van der Waals surface area contributed by atoms with Crippen LogP contribution in [0.3, 0.4) is 0 Å². The van der Waals surface area contributed by atoms with Gasteiger partial charge in [0.15, 0.2) is 0 Å². The summed E-state index contributed by atoms with van der Waals surface area (Å²) < 4.78 is 47.9. The van der Waals surface area contributed by atoms with E-state index in [4.69, 9.17) is 9.47 Å². The van der Waals surface area contributed by atoms with Crippen molar-refractivity contribution in [2.45, 2.75) is 169 Å². The number of hydrogen-bond acceptors (Lipinski definition) is 6. The number of fused-ring (bicyclic) bond motifs is 2. The van der Waals surface area contributed by atoms with Crippen LogP contribution in [0.2, 0.25) is 0 Å². The van der Waals surface area contributed by atoms with Gasteiger partial charge >= 0.3 is 5.97 Å². The zero-order valence-corrected chi connectivity index (χ0v) is 32.4. The number of esters is 1. The Labute approximate surface area is 294 Å². The summed E-state index contributed by atoms with van der Waals surface area (Å²) in [4.78, 5) is 26.3. The summed E-state index contributed by atoms with van der Waals surface area (Å²) in [6, 6.07) is -1.42. The Balaban J connectivity index is 1.36. The van der Waals surface area contributed by atoms with Crippen molar-refractivity contribution in [3.63, 3.8) is 0 Å². The molecule has 0 aromatic rings. The highest BCUT2D eigenvalue weighted by molar-refractivity contribution is 14.1. The van der Waals surface area contributed by atoms with Crippen LogP contribution >= 0.6 is 22.9 Å². The van der Waals surface area contributed by atoms with E-state index in [9.17, 15) is 14.7 Å². The van der Waals surface area contributed by atoms with E-state index in [1.54, 1.807) is 27.7 Å². The van der Waals surface area contributed by atoms with Gasteiger partial charge in [0, 0.05) is 46.5 Å². The first-order valence-corrected chi connectivity index (χ1v) is 19.2. The van der Waals surface area contributed by atoms with E-state index in [1.165, 1.54) is 0 Å². The topological polar surface area (TPSA) is 96.9 Å². The number of halogens is 3. The first-order valence-electron chi connectivity index (χ1n) is 18.1.